The van der Waals surface area contributed by atoms with Crippen molar-refractivity contribution in [2.75, 3.05) is 18.0 Å². The molecule has 20 heavy (non-hydrogen) atoms. The first kappa shape index (κ1) is 12.1. The van der Waals surface area contributed by atoms with Crippen LogP contribution in [0.3, 0.4) is 0 Å². The van der Waals surface area contributed by atoms with Crippen LogP contribution in [0.25, 0.3) is 10.9 Å². The number of aromatic nitrogens is 2. The molecule has 2 unspecified atom stereocenters. The van der Waals surface area contributed by atoms with Crippen molar-refractivity contribution in [2.45, 2.75) is 37.8 Å². The van der Waals surface area contributed by atoms with Crippen LogP contribution in [0.4, 0.5) is 5.95 Å². The van der Waals surface area contributed by atoms with Crippen molar-refractivity contribution in [3.8, 4) is 0 Å². The molecule has 0 aliphatic carbocycles. The third-order valence-corrected chi connectivity index (χ3v) is 4.60. The Morgan fingerprint density at radius 3 is 3.00 bits per heavy atom. The summed E-state index contributed by atoms with van der Waals surface area (Å²) >= 11 is 0. The van der Waals surface area contributed by atoms with Crippen LogP contribution in [0.1, 0.15) is 25.7 Å². The van der Waals surface area contributed by atoms with Gasteiger partial charge >= 0.3 is 0 Å². The van der Waals surface area contributed by atoms with Crippen molar-refractivity contribution in [3.63, 3.8) is 0 Å². The normalized spacial score (nSPS) is 26.5. The molecule has 0 saturated carbocycles. The largest absolute Gasteiger partial charge is 0.336 e. The minimum Gasteiger partial charge on any atom is -0.336 e. The fourth-order valence-electron chi connectivity index (χ4n) is 3.60. The summed E-state index contributed by atoms with van der Waals surface area (Å²) in [5.41, 5.74) is 1.04. The summed E-state index contributed by atoms with van der Waals surface area (Å²) in [7, 11) is 0. The first-order chi connectivity index (χ1) is 9.92. The van der Waals surface area contributed by atoms with Gasteiger partial charge in [-0.3, -0.25) is 0 Å². The van der Waals surface area contributed by atoms with Gasteiger partial charge in [0.1, 0.15) is 0 Å². The predicted molar refractivity (Wildman–Crippen MR) is 80.9 cm³/mol. The van der Waals surface area contributed by atoms with Gasteiger partial charge in [-0.25, -0.2) is 9.97 Å². The Kier molecular flexibility index (Phi) is 3.03. The predicted octanol–water partition coefficient (Wildman–Crippen LogP) is 2.35. The number of hydrogen-bond donors (Lipinski definition) is 1. The van der Waals surface area contributed by atoms with Crippen LogP contribution in [-0.2, 0) is 0 Å². The molecule has 4 nitrogen and oxygen atoms in total. The van der Waals surface area contributed by atoms with Gasteiger partial charge in [-0.2, -0.15) is 0 Å². The Labute approximate surface area is 119 Å². The molecule has 1 N–H and O–H groups in total. The first-order valence-corrected chi connectivity index (χ1v) is 7.64. The smallest absolute Gasteiger partial charge is 0.226 e. The molecule has 0 spiro atoms. The summed E-state index contributed by atoms with van der Waals surface area (Å²) in [5.74, 6) is 0.903. The highest BCUT2D eigenvalue weighted by atomic mass is 15.3. The standard InChI is InChI=1S/C16H20N4/c1-2-6-13-12(5-1)11-18-16(19-13)20-10-4-8-15(20)14-7-3-9-17-14/h1-2,5-6,11,14-15,17H,3-4,7-10H2. The molecule has 3 heterocycles. The average molecular weight is 268 g/mol. The molecule has 2 saturated heterocycles. The van der Waals surface area contributed by atoms with Gasteiger partial charge in [-0.15, -0.1) is 0 Å². The van der Waals surface area contributed by atoms with Gasteiger partial charge in [0.2, 0.25) is 5.95 Å². The highest BCUT2D eigenvalue weighted by molar-refractivity contribution is 5.78. The minimum atomic E-state index is 0.568. The molecule has 2 fully saturated rings. The Hall–Kier alpha value is -1.68. The first-order valence-electron chi connectivity index (χ1n) is 7.64. The van der Waals surface area contributed by atoms with Gasteiger partial charge < -0.3 is 10.2 Å². The molecule has 2 aliphatic heterocycles. The summed E-state index contributed by atoms with van der Waals surface area (Å²) in [6, 6.07) is 9.40. The quantitative estimate of drug-likeness (QED) is 0.907. The number of benzene rings is 1. The molecule has 1 aromatic carbocycles. The summed E-state index contributed by atoms with van der Waals surface area (Å²) < 4.78 is 0. The molecule has 1 aromatic heterocycles. The molecule has 2 atom stereocenters. The topological polar surface area (TPSA) is 41.1 Å². The lowest BCUT2D eigenvalue weighted by molar-refractivity contribution is 0.479. The molecule has 0 amide bonds. The molecule has 2 aliphatic rings. The lowest BCUT2D eigenvalue weighted by atomic mass is 10.0. The Morgan fingerprint density at radius 1 is 1.15 bits per heavy atom. The maximum atomic E-state index is 4.77. The van der Waals surface area contributed by atoms with E-state index in [-0.39, 0.29) is 0 Å². The molecular weight excluding hydrogens is 248 g/mol. The van der Waals surface area contributed by atoms with Gasteiger partial charge in [0.05, 0.1) is 5.52 Å². The van der Waals surface area contributed by atoms with E-state index in [4.69, 9.17) is 4.98 Å². The van der Waals surface area contributed by atoms with E-state index >= 15 is 0 Å². The van der Waals surface area contributed by atoms with Gasteiger partial charge in [0.25, 0.3) is 0 Å². The van der Waals surface area contributed by atoms with Crippen molar-refractivity contribution in [1.29, 1.82) is 0 Å². The maximum Gasteiger partial charge on any atom is 0.226 e. The fraction of sp³-hybridized carbons (Fsp3) is 0.500. The Bertz CT molecular complexity index is 606. The van der Waals surface area contributed by atoms with Crippen molar-refractivity contribution in [2.24, 2.45) is 0 Å². The van der Waals surface area contributed by atoms with E-state index < -0.39 is 0 Å². The number of para-hydroxylation sites is 1. The second-order valence-corrected chi connectivity index (χ2v) is 5.83. The highest BCUT2D eigenvalue weighted by Crippen LogP contribution is 2.28. The third kappa shape index (κ3) is 2.04. The molecule has 104 valence electrons. The van der Waals surface area contributed by atoms with Gasteiger partial charge in [0, 0.05) is 30.2 Å². The van der Waals surface area contributed by atoms with E-state index in [1.54, 1.807) is 0 Å². The number of anilines is 1. The zero-order valence-corrected chi connectivity index (χ0v) is 11.6. The summed E-state index contributed by atoms with van der Waals surface area (Å²) in [5, 5.41) is 4.75. The number of rotatable bonds is 2. The summed E-state index contributed by atoms with van der Waals surface area (Å²) in [6.07, 6.45) is 7.05. The lowest BCUT2D eigenvalue weighted by Gasteiger charge is -2.29. The summed E-state index contributed by atoms with van der Waals surface area (Å²) in [4.78, 5) is 11.8. The molecular formula is C16H20N4. The lowest BCUT2D eigenvalue weighted by Crippen LogP contribution is -2.44. The van der Waals surface area contributed by atoms with Crippen molar-refractivity contribution >= 4 is 16.9 Å². The number of hydrogen-bond acceptors (Lipinski definition) is 4. The Morgan fingerprint density at radius 2 is 2.10 bits per heavy atom. The molecule has 2 aromatic rings. The second kappa shape index (κ2) is 5.02. The van der Waals surface area contributed by atoms with Crippen molar-refractivity contribution < 1.29 is 0 Å². The fourth-order valence-corrected chi connectivity index (χ4v) is 3.60. The van der Waals surface area contributed by atoms with Crippen LogP contribution >= 0.6 is 0 Å². The van der Waals surface area contributed by atoms with Crippen LogP contribution in [0, 0.1) is 0 Å². The monoisotopic (exact) mass is 268 g/mol. The zero-order valence-electron chi connectivity index (χ0n) is 11.6. The van der Waals surface area contributed by atoms with E-state index in [1.807, 2.05) is 18.3 Å². The second-order valence-electron chi connectivity index (χ2n) is 5.83. The number of fused-ring (bicyclic) bond motifs is 1. The van der Waals surface area contributed by atoms with E-state index in [0.29, 0.717) is 12.1 Å². The van der Waals surface area contributed by atoms with E-state index in [9.17, 15) is 0 Å². The van der Waals surface area contributed by atoms with Crippen LogP contribution < -0.4 is 10.2 Å². The molecule has 0 bridgehead atoms. The van der Waals surface area contributed by atoms with Crippen LogP contribution in [0.2, 0.25) is 0 Å². The van der Waals surface area contributed by atoms with Gasteiger partial charge in [-0.05, 0) is 38.3 Å². The molecule has 4 rings (SSSR count). The van der Waals surface area contributed by atoms with Crippen LogP contribution in [-0.4, -0.2) is 35.1 Å². The molecule has 4 heteroatoms. The van der Waals surface area contributed by atoms with Crippen LogP contribution in [0.5, 0.6) is 0 Å². The van der Waals surface area contributed by atoms with Gasteiger partial charge in [-0.1, -0.05) is 18.2 Å². The highest BCUT2D eigenvalue weighted by Gasteiger charge is 2.34. The maximum absolute atomic E-state index is 4.77. The van der Waals surface area contributed by atoms with E-state index in [2.05, 4.69) is 27.3 Å². The molecule has 0 radical (unpaired) electrons. The van der Waals surface area contributed by atoms with E-state index in [0.717, 1.165) is 29.9 Å². The van der Waals surface area contributed by atoms with Crippen molar-refractivity contribution in [1.82, 2.24) is 15.3 Å². The van der Waals surface area contributed by atoms with E-state index in [1.165, 1.54) is 25.7 Å². The number of nitrogens with one attached hydrogen (secondary N) is 1. The Balaban J connectivity index is 1.66. The number of nitrogens with zero attached hydrogens (tertiary/aromatic N) is 3. The van der Waals surface area contributed by atoms with Crippen LogP contribution in [0.15, 0.2) is 30.5 Å². The average Bonchev–Trinajstić information content (AvgIpc) is 3.17. The van der Waals surface area contributed by atoms with Crippen molar-refractivity contribution in [3.05, 3.63) is 30.5 Å². The zero-order chi connectivity index (χ0) is 13.4. The SMILES string of the molecule is c1ccc2nc(N3CCCC3C3CCCN3)ncc2c1. The minimum absolute atomic E-state index is 0.568. The third-order valence-electron chi connectivity index (χ3n) is 4.60. The summed E-state index contributed by atoms with van der Waals surface area (Å²) in [6.45, 7) is 2.24. The van der Waals surface area contributed by atoms with Gasteiger partial charge in [0.15, 0.2) is 0 Å².